The van der Waals surface area contributed by atoms with Crippen LogP contribution in [0.5, 0.6) is 0 Å². The molecule has 0 unspecified atom stereocenters. The first-order valence-electron chi connectivity index (χ1n) is 9.72. The fourth-order valence-corrected chi connectivity index (χ4v) is 3.63. The number of rotatable bonds is 5. The van der Waals surface area contributed by atoms with Crippen LogP contribution in [0.2, 0.25) is 5.02 Å². The van der Waals surface area contributed by atoms with Gasteiger partial charge in [-0.15, -0.1) is 0 Å². The Morgan fingerprint density at radius 2 is 1.67 bits per heavy atom. The van der Waals surface area contributed by atoms with Crippen molar-refractivity contribution in [2.24, 2.45) is 0 Å². The van der Waals surface area contributed by atoms with Crippen molar-refractivity contribution in [2.75, 3.05) is 10.2 Å². The molecular weight excluding hydrogens is 444 g/mol. The van der Waals surface area contributed by atoms with Crippen molar-refractivity contribution in [1.82, 2.24) is 0 Å². The molecule has 4 rings (SSSR count). The van der Waals surface area contributed by atoms with E-state index in [4.69, 9.17) is 16.9 Å². The van der Waals surface area contributed by atoms with Gasteiger partial charge >= 0.3 is 0 Å². The number of benzene rings is 3. The molecule has 0 bridgehead atoms. The lowest BCUT2D eigenvalue weighted by Gasteiger charge is -2.16. The van der Waals surface area contributed by atoms with E-state index in [-0.39, 0.29) is 17.0 Å². The summed E-state index contributed by atoms with van der Waals surface area (Å²) >= 11 is 6.21. The number of non-ortho nitro benzene ring substituents is 1. The highest BCUT2D eigenvalue weighted by atomic mass is 35.5. The van der Waals surface area contributed by atoms with E-state index in [9.17, 15) is 19.7 Å². The topological polar surface area (TPSA) is 116 Å². The number of amides is 2. The van der Waals surface area contributed by atoms with E-state index in [0.717, 1.165) is 4.90 Å². The van der Waals surface area contributed by atoms with Gasteiger partial charge in [-0.25, -0.2) is 4.90 Å². The van der Waals surface area contributed by atoms with Crippen LogP contribution < -0.4 is 10.2 Å². The molecule has 0 saturated carbocycles. The normalized spacial score (nSPS) is 13.3. The van der Waals surface area contributed by atoms with Gasteiger partial charge in [0.25, 0.3) is 17.5 Å². The number of imide groups is 1. The third-order valence-electron chi connectivity index (χ3n) is 5.23. The molecule has 0 atom stereocenters. The number of anilines is 2. The van der Waals surface area contributed by atoms with Crippen molar-refractivity contribution in [1.29, 1.82) is 5.26 Å². The third kappa shape index (κ3) is 3.93. The van der Waals surface area contributed by atoms with Gasteiger partial charge in [-0.1, -0.05) is 17.7 Å². The van der Waals surface area contributed by atoms with Crippen LogP contribution in [0.4, 0.5) is 17.1 Å². The smallest absolute Gasteiger partial charge is 0.282 e. The van der Waals surface area contributed by atoms with Crippen LogP contribution in [0.3, 0.4) is 0 Å². The number of nitro benzene ring substituents is 1. The van der Waals surface area contributed by atoms with Crippen molar-refractivity contribution in [3.63, 3.8) is 0 Å². The molecule has 3 aromatic carbocycles. The Morgan fingerprint density at radius 1 is 1.00 bits per heavy atom. The lowest BCUT2D eigenvalue weighted by molar-refractivity contribution is -0.384. The number of hydrogen-bond acceptors (Lipinski definition) is 6. The van der Waals surface area contributed by atoms with Crippen LogP contribution in [0.25, 0.3) is 5.57 Å². The van der Waals surface area contributed by atoms with Crippen molar-refractivity contribution in [3.05, 3.63) is 104 Å². The molecule has 8 nitrogen and oxygen atoms in total. The summed E-state index contributed by atoms with van der Waals surface area (Å²) in [6.07, 6.45) is 0. The molecular formula is C24H15ClN4O4. The minimum absolute atomic E-state index is 0.0172. The number of hydrogen-bond donors (Lipinski definition) is 1. The van der Waals surface area contributed by atoms with E-state index in [1.165, 1.54) is 48.5 Å². The van der Waals surface area contributed by atoms with E-state index >= 15 is 0 Å². The largest absolute Gasteiger partial charge is 0.350 e. The van der Waals surface area contributed by atoms with Gasteiger partial charge in [0, 0.05) is 22.8 Å². The maximum atomic E-state index is 13.4. The second kappa shape index (κ2) is 8.57. The van der Waals surface area contributed by atoms with Crippen molar-refractivity contribution in [2.45, 2.75) is 6.92 Å². The second-order valence-corrected chi connectivity index (χ2v) is 7.60. The maximum absolute atomic E-state index is 13.4. The maximum Gasteiger partial charge on any atom is 0.282 e. The number of nitro groups is 1. The van der Waals surface area contributed by atoms with Crippen molar-refractivity contribution < 1.29 is 14.5 Å². The predicted octanol–water partition coefficient (Wildman–Crippen LogP) is 4.82. The van der Waals surface area contributed by atoms with Gasteiger partial charge in [-0.2, -0.15) is 5.26 Å². The summed E-state index contributed by atoms with van der Waals surface area (Å²) in [5, 5.41) is 23.6. The SMILES string of the molecule is Cc1c(Cl)cccc1NC1=C(c2ccc([N+](=O)[O-])cc2)C(=O)N(c2ccc(C#N)cc2)C1=O. The summed E-state index contributed by atoms with van der Waals surface area (Å²) in [7, 11) is 0. The molecule has 0 aliphatic carbocycles. The fourth-order valence-electron chi connectivity index (χ4n) is 3.46. The highest BCUT2D eigenvalue weighted by Gasteiger charge is 2.40. The number of nitriles is 1. The van der Waals surface area contributed by atoms with Crippen LogP contribution >= 0.6 is 11.6 Å². The molecule has 9 heteroatoms. The van der Waals surface area contributed by atoms with E-state index in [0.29, 0.717) is 33.1 Å². The van der Waals surface area contributed by atoms with Crippen LogP contribution in [0.1, 0.15) is 16.7 Å². The molecule has 1 aliphatic heterocycles. The second-order valence-electron chi connectivity index (χ2n) is 7.20. The Hall–Kier alpha value is -4.48. The predicted molar refractivity (Wildman–Crippen MR) is 123 cm³/mol. The first kappa shape index (κ1) is 21.7. The average molecular weight is 459 g/mol. The van der Waals surface area contributed by atoms with E-state index in [1.807, 2.05) is 6.07 Å². The van der Waals surface area contributed by atoms with Gasteiger partial charge in [0.1, 0.15) is 5.70 Å². The Kier molecular flexibility index (Phi) is 5.65. The molecule has 0 spiro atoms. The molecule has 1 N–H and O–H groups in total. The molecule has 0 saturated heterocycles. The van der Waals surface area contributed by atoms with Gasteiger partial charge in [-0.3, -0.25) is 19.7 Å². The number of nitrogens with one attached hydrogen (secondary N) is 1. The Labute approximate surface area is 193 Å². The monoisotopic (exact) mass is 458 g/mol. The Morgan fingerprint density at radius 3 is 2.27 bits per heavy atom. The van der Waals surface area contributed by atoms with Crippen LogP contribution in [0, 0.1) is 28.4 Å². The molecule has 162 valence electrons. The summed E-state index contributed by atoms with van der Waals surface area (Å²) in [5.41, 5.74) is 2.20. The minimum Gasteiger partial charge on any atom is -0.350 e. The summed E-state index contributed by atoms with van der Waals surface area (Å²) in [6, 6.07) is 18.6. The molecule has 0 fully saturated rings. The molecule has 3 aromatic rings. The van der Waals surface area contributed by atoms with Crippen molar-refractivity contribution in [3.8, 4) is 6.07 Å². The van der Waals surface area contributed by atoms with Gasteiger partial charge in [0.05, 0.1) is 27.8 Å². The van der Waals surface area contributed by atoms with Gasteiger partial charge < -0.3 is 5.32 Å². The van der Waals surface area contributed by atoms with Crippen molar-refractivity contribution >= 4 is 46.1 Å². The number of halogens is 1. The highest BCUT2D eigenvalue weighted by Crippen LogP contribution is 2.35. The third-order valence-corrected chi connectivity index (χ3v) is 5.64. The number of nitrogens with zero attached hydrogens (tertiary/aromatic N) is 3. The zero-order valence-electron chi connectivity index (χ0n) is 17.2. The highest BCUT2D eigenvalue weighted by molar-refractivity contribution is 6.46. The van der Waals surface area contributed by atoms with E-state index in [2.05, 4.69) is 5.32 Å². The zero-order chi connectivity index (χ0) is 23.7. The minimum atomic E-state index is -0.600. The lowest BCUT2D eigenvalue weighted by atomic mass is 10.0. The van der Waals surface area contributed by atoms with Gasteiger partial charge in [0.15, 0.2) is 0 Å². The molecule has 0 aromatic heterocycles. The Bertz CT molecular complexity index is 1370. The van der Waals surface area contributed by atoms with E-state index in [1.54, 1.807) is 25.1 Å². The number of carbonyl (C=O) groups excluding carboxylic acids is 2. The quantitative estimate of drug-likeness (QED) is 0.332. The number of carbonyl (C=O) groups is 2. The van der Waals surface area contributed by atoms with Crippen LogP contribution in [-0.4, -0.2) is 16.7 Å². The first-order valence-corrected chi connectivity index (χ1v) is 10.1. The van der Waals surface area contributed by atoms with Crippen LogP contribution in [-0.2, 0) is 9.59 Å². The van der Waals surface area contributed by atoms with Gasteiger partial charge in [-0.05, 0) is 66.6 Å². The summed E-state index contributed by atoms with van der Waals surface area (Å²) in [4.78, 5) is 38.3. The molecule has 33 heavy (non-hydrogen) atoms. The zero-order valence-corrected chi connectivity index (χ0v) is 18.0. The summed E-state index contributed by atoms with van der Waals surface area (Å²) < 4.78 is 0. The van der Waals surface area contributed by atoms with Gasteiger partial charge in [0.2, 0.25) is 0 Å². The molecule has 1 heterocycles. The Balaban J connectivity index is 1.83. The summed E-state index contributed by atoms with van der Waals surface area (Å²) in [6.45, 7) is 1.77. The molecule has 2 amide bonds. The standard InChI is InChI=1S/C24H15ClN4O4/c1-14-19(25)3-2-4-20(14)27-22-21(16-7-11-18(12-8-16)29(32)33)23(30)28(24(22)31)17-9-5-15(13-26)6-10-17/h2-12,27H,1H3. The van der Waals surface area contributed by atoms with E-state index < -0.39 is 16.7 Å². The average Bonchev–Trinajstić information content (AvgIpc) is 3.06. The lowest BCUT2D eigenvalue weighted by Crippen LogP contribution is -2.32. The molecule has 1 aliphatic rings. The molecule has 0 radical (unpaired) electrons. The summed E-state index contributed by atoms with van der Waals surface area (Å²) in [5.74, 6) is -1.20. The fraction of sp³-hybridized carbons (Fsp3) is 0.0417. The first-order chi connectivity index (χ1) is 15.8. The van der Waals surface area contributed by atoms with Crippen LogP contribution in [0.15, 0.2) is 72.4 Å².